The third-order valence-electron chi connectivity index (χ3n) is 4.16. The highest BCUT2D eigenvalue weighted by molar-refractivity contribution is 5.59. The maximum atomic E-state index is 4.13. The summed E-state index contributed by atoms with van der Waals surface area (Å²) in [4.78, 5) is 0. The van der Waals surface area contributed by atoms with Crippen LogP contribution in [0.5, 0.6) is 0 Å². The molecule has 2 unspecified atom stereocenters. The van der Waals surface area contributed by atoms with Gasteiger partial charge in [-0.2, -0.15) is 0 Å². The molecule has 1 fully saturated rings. The van der Waals surface area contributed by atoms with Crippen molar-refractivity contribution >= 4 is 5.69 Å². The predicted molar refractivity (Wildman–Crippen MR) is 81.5 cm³/mol. The number of aromatic nitrogens is 3. The van der Waals surface area contributed by atoms with E-state index in [1.165, 1.54) is 31.4 Å². The summed E-state index contributed by atoms with van der Waals surface area (Å²) in [7, 11) is 1.96. The lowest BCUT2D eigenvalue weighted by Gasteiger charge is -2.28. The van der Waals surface area contributed by atoms with Crippen LogP contribution in [0.2, 0.25) is 0 Å². The second-order valence-electron chi connectivity index (χ2n) is 5.96. The molecule has 1 aliphatic rings. The molecule has 1 heterocycles. The molecular formula is C16H22N4. The van der Waals surface area contributed by atoms with Gasteiger partial charge in [0.15, 0.2) is 5.82 Å². The van der Waals surface area contributed by atoms with Gasteiger partial charge in [-0.3, -0.25) is 0 Å². The summed E-state index contributed by atoms with van der Waals surface area (Å²) in [6.45, 7) is 2.35. The maximum Gasteiger partial charge on any atom is 0.163 e. The van der Waals surface area contributed by atoms with Gasteiger partial charge in [0.25, 0.3) is 0 Å². The van der Waals surface area contributed by atoms with Crippen molar-refractivity contribution in [3.8, 4) is 11.4 Å². The molecule has 106 valence electrons. The minimum absolute atomic E-state index is 0.624. The van der Waals surface area contributed by atoms with E-state index in [4.69, 9.17) is 0 Å². The molecule has 0 spiro atoms. The van der Waals surface area contributed by atoms with Gasteiger partial charge in [0.1, 0.15) is 6.33 Å². The number of hydrogen-bond acceptors (Lipinski definition) is 3. The van der Waals surface area contributed by atoms with Gasteiger partial charge in [-0.15, -0.1) is 10.2 Å². The first-order valence-electron chi connectivity index (χ1n) is 7.43. The van der Waals surface area contributed by atoms with Gasteiger partial charge in [0.05, 0.1) is 0 Å². The topological polar surface area (TPSA) is 42.7 Å². The quantitative estimate of drug-likeness (QED) is 0.928. The molecule has 0 amide bonds. The van der Waals surface area contributed by atoms with Crippen molar-refractivity contribution in [1.82, 2.24) is 14.8 Å². The largest absolute Gasteiger partial charge is 0.382 e. The summed E-state index contributed by atoms with van der Waals surface area (Å²) in [5.41, 5.74) is 2.31. The number of aryl methyl sites for hydroxylation is 1. The molecule has 1 aromatic carbocycles. The SMILES string of the molecule is CC1CCCC(Nc2ccc(-c3nncn3C)cc2)C1. The fraction of sp³-hybridized carbons (Fsp3) is 0.500. The molecule has 1 saturated carbocycles. The molecule has 1 N–H and O–H groups in total. The van der Waals surface area contributed by atoms with Crippen molar-refractivity contribution in [2.75, 3.05) is 5.32 Å². The van der Waals surface area contributed by atoms with Gasteiger partial charge in [-0.1, -0.05) is 19.8 Å². The number of anilines is 1. The molecule has 0 bridgehead atoms. The Labute approximate surface area is 120 Å². The highest BCUT2D eigenvalue weighted by atomic mass is 15.2. The lowest BCUT2D eigenvalue weighted by Crippen LogP contribution is -2.26. The molecule has 0 radical (unpaired) electrons. The highest BCUT2D eigenvalue weighted by Crippen LogP contribution is 2.27. The standard InChI is InChI=1S/C16H22N4/c1-12-4-3-5-15(10-12)18-14-8-6-13(7-9-14)16-19-17-11-20(16)2/h6-9,11-12,15,18H,3-5,10H2,1-2H3. The maximum absolute atomic E-state index is 4.13. The molecule has 0 saturated heterocycles. The number of nitrogens with zero attached hydrogens (tertiary/aromatic N) is 3. The Balaban J connectivity index is 1.69. The van der Waals surface area contributed by atoms with Crippen molar-refractivity contribution in [1.29, 1.82) is 0 Å². The number of rotatable bonds is 3. The second kappa shape index (κ2) is 5.65. The molecule has 1 aromatic heterocycles. The molecule has 4 nitrogen and oxygen atoms in total. The Morgan fingerprint density at radius 1 is 1.20 bits per heavy atom. The summed E-state index contributed by atoms with van der Waals surface area (Å²) in [5.74, 6) is 1.75. The first kappa shape index (κ1) is 13.2. The first-order valence-corrected chi connectivity index (χ1v) is 7.43. The van der Waals surface area contributed by atoms with E-state index in [1.54, 1.807) is 6.33 Å². The summed E-state index contributed by atoms with van der Waals surface area (Å²) in [6.07, 6.45) is 7.02. The van der Waals surface area contributed by atoms with E-state index in [9.17, 15) is 0 Å². The van der Waals surface area contributed by atoms with E-state index in [1.807, 2.05) is 11.6 Å². The van der Waals surface area contributed by atoms with Gasteiger partial charge < -0.3 is 9.88 Å². The van der Waals surface area contributed by atoms with Crippen molar-refractivity contribution in [2.24, 2.45) is 13.0 Å². The summed E-state index contributed by atoms with van der Waals surface area (Å²) in [5, 5.41) is 11.7. The van der Waals surface area contributed by atoms with Crippen LogP contribution < -0.4 is 5.32 Å². The Morgan fingerprint density at radius 3 is 2.65 bits per heavy atom. The summed E-state index contributed by atoms with van der Waals surface area (Å²) >= 11 is 0. The van der Waals surface area contributed by atoms with Crippen LogP contribution >= 0.6 is 0 Å². The molecule has 2 atom stereocenters. The summed E-state index contributed by atoms with van der Waals surface area (Å²) < 4.78 is 1.94. The lowest BCUT2D eigenvalue weighted by atomic mass is 9.87. The Kier molecular flexibility index (Phi) is 3.72. The van der Waals surface area contributed by atoms with Crippen molar-refractivity contribution < 1.29 is 0 Å². The monoisotopic (exact) mass is 270 g/mol. The third kappa shape index (κ3) is 2.84. The van der Waals surface area contributed by atoms with E-state index in [0.29, 0.717) is 6.04 Å². The predicted octanol–water partition coefficient (Wildman–Crippen LogP) is 3.47. The average molecular weight is 270 g/mol. The molecule has 4 heteroatoms. The van der Waals surface area contributed by atoms with Gasteiger partial charge in [-0.05, 0) is 43.0 Å². The molecule has 2 aromatic rings. The minimum Gasteiger partial charge on any atom is -0.382 e. The molecule has 1 aliphatic carbocycles. The van der Waals surface area contributed by atoms with Crippen LogP contribution in [0, 0.1) is 5.92 Å². The van der Waals surface area contributed by atoms with Gasteiger partial charge in [0.2, 0.25) is 0 Å². The number of benzene rings is 1. The second-order valence-corrected chi connectivity index (χ2v) is 5.96. The molecule has 3 rings (SSSR count). The van der Waals surface area contributed by atoms with Crippen LogP contribution in [-0.2, 0) is 7.05 Å². The summed E-state index contributed by atoms with van der Waals surface area (Å²) in [6, 6.07) is 9.13. The Morgan fingerprint density at radius 2 is 2.00 bits per heavy atom. The van der Waals surface area contributed by atoms with Crippen LogP contribution in [0.1, 0.15) is 32.6 Å². The molecular weight excluding hydrogens is 248 g/mol. The van der Waals surface area contributed by atoms with Gasteiger partial charge in [0, 0.05) is 24.3 Å². The van der Waals surface area contributed by atoms with E-state index in [0.717, 1.165) is 17.3 Å². The number of nitrogens with one attached hydrogen (secondary N) is 1. The van der Waals surface area contributed by atoms with E-state index in [-0.39, 0.29) is 0 Å². The highest BCUT2D eigenvalue weighted by Gasteiger charge is 2.18. The van der Waals surface area contributed by atoms with E-state index >= 15 is 0 Å². The smallest absolute Gasteiger partial charge is 0.163 e. The van der Waals surface area contributed by atoms with Crippen molar-refractivity contribution in [2.45, 2.75) is 38.6 Å². The zero-order valence-electron chi connectivity index (χ0n) is 12.2. The van der Waals surface area contributed by atoms with E-state index in [2.05, 4.69) is 46.7 Å². The average Bonchev–Trinajstić information content (AvgIpc) is 2.86. The normalized spacial score (nSPS) is 22.7. The lowest BCUT2D eigenvalue weighted by molar-refractivity contribution is 0.358. The minimum atomic E-state index is 0.624. The zero-order valence-corrected chi connectivity index (χ0v) is 12.2. The zero-order chi connectivity index (χ0) is 13.9. The van der Waals surface area contributed by atoms with Gasteiger partial charge in [-0.25, -0.2) is 0 Å². The molecule has 20 heavy (non-hydrogen) atoms. The van der Waals surface area contributed by atoms with Crippen molar-refractivity contribution in [3.05, 3.63) is 30.6 Å². The van der Waals surface area contributed by atoms with E-state index < -0.39 is 0 Å². The fourth-order valence-electron chi connectivity index (χ4n) is 3.06. The van der Waals surface area contributed by atoms with Crippen LogP contribution in [0.3, 0.4) is 0 Å². The van der Waals surface area contributed by atoms with Gasteiger partial charge >= 0.3 is 0 Å². The first-order chi connectivity index (χ1) is 9.72. The van der Waals surface area contributed by atoms with Crippen LogP contribution in [0.15, 0.2) is 30.6 Å². The molecule has 0 aliphatic heterocycles. The number of hydrogen-bond donors (Lipinski definition) is 1. The van der Waals surface area contributed by atoms with Crippen LogP contribution in [0.4, 0.5) is 5.69 Å². The fourth-order valence-corrected chi connectivity index (χ4v) is 3.06. The van der Waals surface area contributed by atoms with Crippen molar-refractivity contribution in [3.63, 3.8) is 0 Å². The Hall–Kier alpha value is -1.84. The van der Waals surface area contributed by atoms with Crippen LogP contribution in [0.25, 0.3) is 11.4 Å². The Bertz CT molecular complexity index is 558. The van der Waals surface area contributed by atoms with Crippen LogP contribution in [-0.4, -0.2) is 20.8 Å². The third-order valence-corrected chi connectivity index (χ3v) is 4.16.